The molecule has 0 radical (unpaired) electrons. The zero-order valence-corrected chi connectivity index (χ0v) is 11.9. The monoisotopic (exact) mass is 294 g/mol. The van der Waals surface area contributed by atoms with Crippen LogP contribution in [-0.2, 0) is 11.2 Å². The van der Waals surface area contributed by atoms with Gasteiger partial charge in [-0.2, -0.15) is 0 Å². The molecule has 2 N–H and O–H groups in total. The molecule has 19 heavy (non-hydrogen) atoms. The van der Waals surface area contributed by atoms with Crippen LogP contribution < -0.4 is 5.32 Å². The molecule has 5 nitrogen and oxygen atoms in total. The first-order chi connectivity index (χ1) is 9.29. The lowest BCUT2D eigenvalue weighted by atomic mass is 10.3. The van der Waals surface area contributed by atoms with E-state index in [9.17, 15) is 4.79 Å². The number of nitrogens with zero attached hydrogens (tertiary/aromatic N) is 2. The molecule has 0 unspecified atom stereocenters. The number of thiophene rings is 1. The molecular weight excluding hydrogens is 280 g/mol. The lowest BCUT2D eigenvalue weighted by Crippen LogP contribution is -2.27. The molecule has 1 saturated carbocycles. The number of rotatable bonds is 6. The number of hydrogen-bond donors (Lipinski definition) is 2. The number of thioether (sulfide) groups is 1. The highest BCUT2D eigenvalue weighted by atomic mass is 32.2. The van der Waals surface area contributed by atoms with Gasteiger partial charge in [0, 0.05) is 17.3 Å². The Balaban J connectivity index is 1.48. The highest BCUT2D eigenvalue weighted by Gasteiger charge is 2.23. The molecule has 1 aliphatic rings. The van der Waals surface area contributed by atoms with Crippen molar-refractivity contribution in [2.75, 3.05) is 5.75 Å². The first-order valence-electron chi connectivity index (χ1n) is 6.15. The minimum Gasteiger partial charge on any atom is -0.353 e. The highest BCUT2D eigenvalue weighted by Crippen LogP contribution is 2.20. The summed E-state index contributed by atoms with van der Waals surface area (Å²) < 4.78 is 0. The van der Waals surface area contributed by atoms with Crippen molar-refractivity contribution in [2.24, 2.45) is 0 Å². The third-order valence-corrected chi connectivity index (χ3v) is 4.43. The van der Waals surface area contributed by atoms with Gasteiger partial charge in [0.1, 0.15) is 5.82 Å². The van der Waals surface area contributed by atoms with E-state index in [1.165, 1.54) is 16.6 Å². The molecule has 2 aromatic heterocycles. The van der Waals surface area contributed by atoms with Gasteiger partial charge in [-0.15, -0.1) is 16.4 Å². The van der Waals surface area contributed by atoms with Crippen molar-refractivity contribution < 1.29 is 4.79 Å². The molecule has 7 heteroatoms. The largest absolute Gasteiger partial charge is 0.353 e. The van der Waals surface area contributed by atoms with Gasteiger partial charge in [0.15, 0.2) is 0 Å². The number of nitrogens with one attached hydrogen (secondary N) is 2. The van der Waals surface area contributed by atoms with Crippen molar-refractivity contribution in [2.45, 2.75) is 30.5 Å². The number of amides is 1. The topological polar surface area (TPSA) is 70.7 Å². The molecule has 0 bridgehead atoms. The van der Waals surface area contributed by atoms with Crippen LogP contribution in [-0.4, -0.2) is 32.9 Å². The van der Waals surface area contributed by atoms with Gasteiger partial charge in [-0.25, -0.2) is 4.98 Å². The summed E-state index contributed by atoms with van der Waals surface area (Å²) in [7, 11) is 0. The van der Waals surface area contributed by atoms with E-state index in [2.05, 4.69) is 26.6 Å². The second-order valence-corrected chi connectivity index (χ2v) is 6.43. The second kappa shape index (κ2) is 5.75. The predicted octanol–water partition coefficient (Wildman–Crippen LogP) is 1.83. The normalized spacial score (nSPS) is 14.5. The molecule has 0 saturated heterocycles. The Morgan fingerprint density at radius 2 is 2.47 bits per heavy atom. The Hall–Kier alpha value is -1.34. The Morgan fingerprint density at radius 3 is 3.21 bits per heavy atom. The fourth-order valence-electron chi connectivity index (χ4n) is 1.63. The van der Waals surface area contributed by atoms with Crippen LogP contribution in [0.4, 0.5) is 0 Å². The Morgan fingerprint density at radius 1 is 1.58 bits per heavy atom. The van der Waals surface area contributed by atoms with E-state index in [-0.39, 0.29) is 5.91 Å². The van der Waals surface area contributed by atoms with E-state index in [4.69, 9.17) is 0 Å². The van der Waals surface area contributed by atoms with Gasteiger partial charge in [0.25, 0.3) is 0 Å². The molecular formula is C12H14N4OS2. The summed E-state index contributed by atoms with van der Waals surface area (Å²) in [4.78, 5) is 17.2. The van der Waals surface area contributed by atoms with Crippen LogP contribution in [0.5, 0.6) is 0 Å². The van der Waals surface area contributed by atoms with E-state index in [1.54, 1.807) is 11.3 Å². The third-order valence-electron chi connectivity index (χ3n) is 2.71. The van der Waals surface area contributed by atoms with Crippen molar-refractivity contribution in [1.29, 1.82) is 0 Å². The Bertz CT molecular complexity index is 548. The summed E-state index contributed by atoms with van der Waals surface area (Å²) in [6, 6.07) is 4.51. The molecule has 0 aliphatic heterocycles. The van der Waals surface area contributed by atoms with Crippen molar-refractivity contribution in [3.05, 3.63) is 28.2 Å². The van der Waals surface area contributed by atoms with E-state index in [0.29, 0.717) is 17.0 Å². The van der Waals surface area contributed by atoms with E-state index in [1.807, 2.05) is 11.4 Å². The molecule has 100 valence electrons. The van der Waals surface area contributed by atoms with Crippen LogP contribution >= 0.6 is 23.1 Å². The number of hydrogen-bond acceptors (Lipinski definition) is 5. The summed E-state index contributed by atoms with van der Waals surface area (Å²) in [5, 5.41) is 12.7. The van der Waals surface area contributed by atoms with Crippen molar-refractivity contribution in [1.82, 2.24) is 20.5 Å². The van der Waals surface area contributed by atoms with Gasteiger partial charge in [0.2, 0.25) is 11.1 Å². The van der Waals surface area contributed by atoms with Crippen molar-refractivity contribution in [3.8, 4) is 0 Å². The maximum atomic E-state index is 11.5. The first-order valence-corrected chi connectivity index (χ1v) is 8.02. The van der Waals surface area contributed by atoms with Gasteiger partial charge in [-0.1, -0.05) is 17.8 Å². The summed E-state index contributed by atoms with van der Waals surface area (Å²) in [6.07, 6.45) is 2.99. The SMILES string of the molecule is O=C(CSc1n[nH]c(Cc2cccs2)n1)NC1CC1. The second-order valence-electron chi connectivity index (χ2n) is 4.45. The maximum absolute atomic E-state index is 11.5. The highest BCUT2D eigenvalue weighted by molar-refractivity contribution is 7.99. The Kier molecular flexibility index (Phi) is 3.84. The molecule has 0 atom stereocenters. The van der Waals surface area contributed by atoms with Gasteiger partial charge >= 0.3 is 0 Å². The molecule has 0 spiro atoms. The Labute approximate surface area is 119 Å². The smallest absolute Gasteiger partial charge is 0.230 e. The van der Waals surface area contributed by atoms with Crippen molar-refractivity contribution >= 4 is 29.0 Å². The minimum atomic E-state index is 0.0668. The third kappa shape index (κ3) is 3.81. The number of aromatic nitrogens is 3. The van der Waals surface area contributed by atoms with Gasteiger partial charge in [-0.3, -0.25) is 9.89 Å². The van der Waals surface area contributed by atoms with Crippen LogP contribution in [0.2, 0.25) is 0 Å². The molecule has 3 rings (SSSR count). The van der Waals surface area contributed by atoms with Gasteiger partial charge in [-0.05, 0) is 24.3 Å². The zero-order chi connectivity index (χ0) is 13.1. The van der Waals surface area contributed by atoms with Crippen LogP contribution in [0, 0.1) is 0 Å². The van der Waals surface area contributed by atoms with Gasteiger partial charge < -0.3 is 5.32 Å². The summed E-state index contributed by atoms with van der Waals surface area (Å²) in [5.41, 5.74) is 0. The van der Waals surface area contributed by atoms with E-state index >= 15 is 0 Å². The van der Waals surface area contributed by atoms with Crippen LogP contribution in [0.25, 0.3) is 0 Å². The van der Waals surface area contributed by atoms with Crippen molar-refractivity contribution in [3.63, 3.8) is 0 Å². The molecule has 2 aromatic rings. The van der Waals surface area contributed by atoms with Crippen LogP contribution in [0.15, 0.2) is 22.7 Å². The number of carbonyl (C=O) groups is 1. The van der Waals surface area contributed by atoms with E-state index < -0.39 is 0 Å². The number of carbonyl (C=O) groups excluding carboxylic acids is 1. The standard InChI is InChI=1S/C12H14N4OS2/c17-11(13-8-3-4-8)7-19-12-14-10(15-16-12)6-9-2-1-5-18-9/h1-2,5,8H,3-4,6-7H2,(H,13,17)(H,14,15,16). The number of H-pyrrole nitrogens is 1. The minimum absolute atomic E-state index is 0.0668. The fourth-order valence-corrected chi connectivity index (χ4v) is 2.96. The number of aromatic amines is 1. The van der Waals surface area contributed by atoms with Crippen LogP contribution in [0.3, 0.4) is 0 Å². The molecule has 2 heterocycles. The predicted molar refractivity (Wildman–Crippen MR) is 75.4 cm³/mol. The lowest BCUT2D eigenvalue weighted by Gasteiger charge is -1.99. The average molecular weight is 294 g/mol. The summed E-state index contributed by atoms with van der Waals surface area (Å²) in [6.45, 7) is 0. The molecule has 1 aliphatic carbocycles. The van der Waals surface area contributed by atoms with E-state index in [0.717, 1.165) is 25.1 Å². The van der Waals surface area contributed by atoms with Crippen LogP contribution in [0.1, 0.15) is 23.5 Å². The first kappa shape index (κ1) is 12.7. The van der Waals surface area contributed by atoms with Gasteiger partial charge in [0.05, 0.1) is 5.75 Å². The summed E-state index contributed by atoms with van der Waals surface area (Å²) >= 11 is 3.07. The molecule has 1 amide bonds. The lowest BCUT2D eigenvalue weighted by molar-refractivity contribution is -0.118. The quantitative estimate of drug-likeness (QED) is 0.797. The molecule has 1 fully saturated rings. The molecule has 0 aromatic carbocycles. The summed E-state index contributed by atoms with van der Waals surface area (Å²) in [5.74, 6) is 1.29. The maximum Gasteiger partial charge on any atom is 0.230 e. The zero-order valence-electron chi connectivity index (χ0n) is 10.3. The fraction of sp³-hybridized carbons (Fsp3) is 0.417. The average Bonchev–Trinajstić information content (AvgIpc) is 2.91.